The fourth-order valence-corrected chi connectivity index (χ4v) is 4.73. The zero-order valence-corrected chi connectivity index (χ0v) is 16.6. The summed E-state index contributed by atoms with van der Waals surface area (Å²) < 4.78 is 45.3. The Bertz CT molecular complexity index is 1080. The Kier molecular flexibility index (Phi) is 5.10. The van der Waals surface area contributed by atoms with Gasteiger partial charge in [-0.15, -0.1) is 5.10 Å². The summed E-state index contributed by atoms with van der Waals surface area (Å²) in [5, 5.41) is 7.39. The van der Waals surface area contributed by atoms with Crippen molar-refractivity contribution < 1.29 is 22.3 Å². The molecule has 1 fully saturated rings. The third-order valence-corrected chi connectivity index (χ3v) is 6.55. The fourth-order valence-electron chi connectivity index (χ4n) is 3.32. The van der Waals surface area contributed by atoms with Crippen LogP contribution in [0.5, 0.6) is 0 Å². The SMILES string of the molecule is Cc1ccc(N2N=C(C(=O)NCC3CCCO3)S(=O)(=O)c3cc(F)ccc32)cc1. The van der Waals surface area contributed by atoms with E-state index in [1.165, 1.54) is 11.1 Å². The van der Waals surface area contributed by atoms with E-state index >= 15 is 0 Å². The molecule has 0 aromatic heterocycles. The van der Waals surface area contributed by atoms with Crippen molar-refractivity contribution in [3.8, 4) is 0 Å². The van der Waals surface area contributed by atoms with Gasteiger partial charge in [0.25, 0.3) is 5.91 Å². The number of carbonyl (C=O) groups is 1. The van der Waals surface area contributed by atoms with Gasteiger partial charge in [-0.2, -0.15) is 0 Å². The van der Waals surface area contributed by atoms with Gasteiger partial charge in [-0.05, 0) is 50.1 Å². The van der Waals surface area contributed by atoms with Crippen LogP contribution in [0.15, 0.2) is 52.5 Å². The molecular formula is C20H20FN3O4S. The predicted octanol–water partition coefficient (Wildman–Crippen LogP) is 2.67. The van der Waals surface area contributed by atoms with Crippen molar-refractivity contribution in [2.45, 2.75) is 30.8 Å². The Hall–Kier alpha value is -2.78. The van der Waals surface area contributed by atoms with Crippen LogP contribution in [0.2, 0.25) is 0 Å². The first-order valence-corrected chi connectivity index (χ1v) is 10.7. The molecule has 1 saturated heterocycles. The third kappa shape index (κ3) is 3.75. The number of hydrogen-bond acceptors (Lipinski definition) is 6. The molecule has 2 aromatic carbocycles. The lowest BCUT2D eigenvalue weighted by Gasteiger charge is -2.27. The molecule has 0 spiro atoms. The number of fused-ring (bicyclic) bond motifs is 1. The highest BCUT2D eigenvalue weighted by Crippen LogP contribution is 2.37. The van der Waals surface area contributed by atoms with Crippen LogP contribution in [-0.2, 0) is 19.4 Å². The van der Waals surface area contributed by atoms with E-state index in [4.69, 9.17) is 4.74 Å². The second kappa shape index (κ2) is 7.57. The molecule has 29 heavy (non-hydrogen) atoms. The number of carbonyl (C=O) groups excluding carboxylic acids is 1. The maximum absolute atomic E-state index is 13.9. The van der Waals surface area contributed by atoms with Gasteiger partial charge in [0.2, 0.25) is 14.9 Å². The summed E-state index contributed by atoms with van der Waals surface area (Å²) in [5.41, 5.74) is 1.75. The zero-order valence-electron chi connectivity index (χ0n) is 15.8. The van der Waals surface area contributed by atoms with Gasteiger partial charge in [0.05, 0.1) is 17.5 Å². The fraction of sp³-hybridized carbons (Fsp3) is 0.300. The number of halogens is 1. The largest absolute Gasteiger partial charge is 0.376 e. The number of sulfone groups is 1. The van der Waals surface area contributed by atoms with Crippen LogP contribution >= 0.6 is 0 Å². The molecule has 0 bridgehead atoms. The van der Waals surface area contributed by atoms with E-state index in [9.17, 15) is 17.6 Å². The van der Waals surface area contributed by atoms with Crippen LogP contribution in [0.25, 0.3) is 0 Å². The van der Waals surface area contributed by atoms with Gasteiger partial charge in [-0.1, -0.05) is 17.7 Å². The molecule has 0 radical (unpaired) electrons. The maximum atomic E-state index is 13.9. The van der Waals surface area contributed by atoms with Crippen LogP contribution in [0, 0.1) is 12.7 Å². The summed E-state index contributed by atoms with van der Waals surface area (Å²) in [6.45, 7) is 2.72. The number of hydrogen-bond donors (Lipinski definition) is 1. The standard InChI is InChI=1S/C20H20FN3O4S/c1-13-4-7-15(8-5-13)24-17-9-6-14(21)11-18(17)29(26,27)20(23-24)19(25)22-12-16-3-2-10-28-16/h4-9,11,16H,2-3,10,12H2,1H3,(H,22,25). The molecular weight excluding hydrogens is 397 g/mol. The van der Waals surface area contributed by atoms with Crippen molar-refractivity contribution in [2.24, 2.45) is 5.10 Å². The first-order chi connectivity index (χ1) is 13.9. The summed E-state index contributed by atoms with van der Waals surface area (Å²) in [7, 11) is -4.28. The number of hydrazone groups is 1. The molecule has 1 unspecified atom stereocenters. The summed E-state index contributed by atoms with van der Waals surface area (Å²) in [5.74, 6) is -1.55. The van der Waals surface area contributed by atoms with E-state index in [-0.39, 0.29) is 23.2 Å². The Morgan fingerprint density at radius 2 is 2.03 bits per heavy atom. The first kappa shape index (κ1) is 19.5. The van der Waals surface area contributed by atoms with Crippen LogP contribution in [-0.4, -0.2) is 38.6 Å². The molecule has 2 heterocycles. The minimum atomic E-state index is -4.28. The average Bonchev–Trinajstić information content (AvgIpc) is 3.21. The van der Waals surface area contributed by atoms with E-state index in [1.54, 1.807) is 12.1 Å². The molecule has 7 nitrogen and oxygen atoms in total. The number of benzene rings is 2. The molecule has 2 aliphatic heterocycles. The van der Waals surface area contributed by atoms with Gasteiger partial charge in [-0.3, -0.25) is 4.79 Å². The van der Waals surface area contributed by atoms with Crippen molar-refractivity contribution in [2.75, 3.05) is 18.2 Å². The number of ether oxygens (including phenoxy) is 1. The monoisotopic (exact) mass is 417 g/mol. The van der Waals surface area contributed by atoms with Crippen LogP contribution in [0.1, 0.15) is 18.4 Å². The lowest BCUT2D eigenvalue weighted by Crippen LogP contribution is -2.42. The predicted molar refractivity (Wildman–Crippen MR) is 106 cm³/mol. The third-order valence-electron chi connectivity index (χ3n) is 4.87. The Morgan fingerprint density at radius 1 is 1.28 bits per heavy atom. The normalized spacial score (nSPS) is 20.1. The minimum Gasteiger partial charge on any atom is -0.376 e. The second-order valence-electron chi connectivity index (χ2n) is 7.01. The van der Waals surface area contributed by atoms with Crippen LogP contribution in [0.4, 0.5) is 15.8 Å². The average molecular weight is 417 g/mol. The van der Waals surface area contributed by atoms with Gasteiger partial charge >= 0.3 is 0 Å². The summed E-state index contributed by atoms with van der Waals surface area (Å²) >= 11 is 0. The van der Waals surface area contributed by atoms with Gasteiger partial charge < -0.3 is 10.1 Å². The van der Waals surface area contributed by atoms with E-state index in [2.05, 4.69) is 10.4 Å². The highest BCUT2D eigenvalue weighted by atomic mass is 32.2. The van der Waals surface area contributed by atoms with E-state index in [0.29, 0.717) is 12.3 Å². The molecule has 0 saturated carbocycles. The Balaban J connectivity index is 1.74. The minimum absolute atomic E-state index is 0.149. The summed E-state index contributed by atoms with van der Waals surface area (Å²) in [4.78, 5) is 12.4. The lowest BCUT2D eigenvalue weighted by molar-refractivity contribution is -0.115. The molecule has 2 aliphatic rings. The number of amides is 1. The van der Waals surface area contributed by atoms with E-state index in [1.807, 2.05) is 19.1 Å². The number of anilines is 2. The van der Waals surface area contributed by atoms with Crippen LogP contribution in [0.3, 0.4) is 0 Å². The molecule has 152 valence electrons. The lowest BCUT2D eigenvalue weighted by atomic mass is 10.2. The molecule has 2 aromatic rings. The Labute approximate surface area is 168 Å². The van der Waals surface area contributed by atoms with Crippen molar-refractivity contribution in [3.63, 3.8) is 0 Å². The molecule has 1 atom stereocenters. The molecule has 9 heteroatoms. The van der Waals surface area contributed by atoms with Crippen molar-refractivity contribution in [1.29, 1.82) is 0 Å². The van der Waals surface area contributed by atoms with Crippen molar-refractivity contribution >= 4 is 32.2 Å². The van der Waals surface area contributed by atoms with E-state index in [0.717, 1.165) is 30.5 Å². The van der Waals surface area contributed by atoms with Crippen molar-refractivity contribution in [1.82, 2.24) is 5.32 Å². The zero-order chi connectivity index (χ0) is 20.6. The Morgan fingerprint density at radius 3 is 2.72 bits per heavy atom. The quantitative estimate of drug-likeness (QED) is 0.826. The van der Waals surface area contributed by atoms with Gasteiger partial charge in [-0.25, -0.2) is 17.8 Å². The summed E-state index contributed by atoms with van der Waals surface area (Å²) in [6.07, 6.45) is 1.54. The molecule has 1 N–H and O–H groups in total. The van der Waals surface area contributed by atoms with Gasteiger partial charge in [0.1, 0.15) is 10.7 Å². The smallest absolute Gasteiger partial charge is 0.284 e. The topological polar surface area (TPSA) is 88.1 Å². The number of nitrogens with zero attached hydrogens (tertiary/aromatic N) is 2. The highest BCUT2D eigenvalue weighted by molar-refractivity contribution is 8.08. The summed E-state index contributed by atoms with van der Waals surface area (Å²) in [6, 6.07) is 10.6. The molecule has 1 amide bonds. The first-order valence-electron chi connectivity index (χ1n) is 9.26. The maximum Gasteiger partial charge on any atom is 0.284 e. The van der Waals surface area contributed by atoms with Crippen LogP contribution < -0.4 is 10.3 Å². The number of rotatable bonds is 4. The van der Waals surface area contributed by atoms with Gasteiger partial charge in [0, 0.05) is 13.2 Å². The van der Waals surface area contributed by atoms with Crippen molar-refractivity contribution in [3.05, 3.63) is 53.8 Å². The number of aryl methyl sites for hydroxylation is 1. The van der Waals surface area contributed by atoms with E-state index < -0.39 is 26.6 Å². The highest BCUT2D eigenvalue weighted by Gasteiger charge is 2.38. The molecule has 0 aliphatic carbocycles. The number of nitrogens with one attached hydrogen (secondary N) is 1. The second-order valence-corrected chi connectivity index (χ2v) is 8.85. The van der Waals surface area contributed by atoms with Gasteiger partial charge in [0.15, 0.2) is 0 Å². The molecule has 4 rings (SSSR count).